The van der Waals surface area contributed by atoms with E-state index in [2.05, 4.69) is 0 Å². The molecule has 70 valence electrons. The van der Waals surface area contributed by atoms with E-state index in [0.717, 1.165) is 4.31 Å². The molecule has 0 aromatic heterocycles. The van der Waals surface area contributed by atoms with Crippen LogP contribution >= 0.6 is 0 Å². The maximum Gasteiger partial charge on any atom is 0.270 e. The Hall–Kier alpha value is -0.490. The molecule has 0 atom stereocenters. The van der Waals surface area contributed by atoms with E-state index in [-0.39, 0.29) is 18.5 Å². The number of rotatable bonds is 0. The van der Waals surface area contributed by atoms with E-state index in [9.17, 15) is 17.2 Å². The minimum absolute atomic E-state index is 0.137. The molecule has 1 aliphatic heterocycles. The molecular weight excluding hydrogens is 188 g/mol. The highest BCUT2D eigenvalue weighted by atomic mass is 32.2. The van der Waals surface area contributed by atoms with Gasteiger partial charge in [0, 0.05) is 19.2 Å². The molecule has 0 aromatic rings. The molecule has 0 bridgehead atoms. The van der Waals surface area contributed by atoms with E-state index in [1.165, 1.54) is 7.05 Å². The van der Waals surface area contributed by atoms with Gasteiger partial charge in [0.1, 0.15) is 0 Å². The first-order chi connectivity index (χ1) is 5.43. The van der Waals surface area contributed by atoms with Crippen LogP contribution in [0, 0.1) is 0 Å². The zero-order valence-corrected chi connectivity index (χ0v) is 7.37. The van der Waals surface area contributed by atoms with Gasteiger partial charge in [-0.2, -0.15) is 8.78 Å². The molecule has 0 N–H and O–H groups in total. The van der Waals surface area contributed by atoms with Crippen LogP contribution in [0.25, 0.3) is 0 Å². The summed E-state index contributed by atoms with van der Waals surface area (Å²) in [4.78, 5) is 0. The monoisotopic (exact) mass is 197 g/mol. The van der Waals surface area contributed by atoms with Gasteiger partial charge in [-0.05, 0) is 6.42 Å². The van der Waals surface area contributed by atoms with Crippen LogP contribution in [-0.2, 0) is 10.0 Å². The van der Waals surface area contributed by atoms with Gasteiger partial charge in [-0.25, -0.2) is 12.7 Å². The molecule has 3 nitrogen and oxygen atoms in total. The van der Waals surface area contributed by atoms with E-state index in [4.69, 9.17) is 0 Å². The van der Waals surface area contributed by atoms with Gasteiger partial charge in [-0.15, -0.1) is 0 Å². The standard InChI is InChI=1S/C6H9F2NO2S/c1-9-3-2-5(6(7)8)4-12(9,10)11/h2-4H2,1H3. The smallest absolute Gasteiger partial charge is 0.212 e. The molecule has 6 heteroatoms. The number of sulfonamides is 1. The van der Waals surface area contributed by atoms with E-state index in [1.54, 1.807) is 0 Å². The minimum atomic E-state index is -3.46. The van der Waals surface area contributed by atoms with E-state index >= 15 is 0 Å². The maximum absolute atomic E-state index is 12.0. The Morgan fingerprint density at radius 3 is 2.50 bits per heavy atom. The van der Waals surface area contributed by atoms with Crippen LogP contribution in [0.3, 0.4) is 0 Å². The van der Waals surface area contributed by atoms with Crippen LogP contribution < -0.4 is 0 Å². The second kappa shape index (κ2) is 3.10. The van der Waals surface area contributed by atoms with Crippen molar-refractivity contribution >= 4 is 10.0 Å². The van der Waals surface area contributed by atoms with Crippen LogP contribution in [0.5, 0.6) is 0 Å². The fourth-order valence-corrected chi connectivity index (χ4v) is 2.27. The largest absolute Gasteiger partial charge is 0.270 e. The molecule has 0 spiro atoms. The molecule has 1 aliphatic rings. The van der Waals surface area contributed by atoms with Crippen molar-refractivity contribution in [2.45, 2.75) is 6.42 Å². The molecule has 1 rings (SSSR count). The fraction of sp³-hybridized carbons (Fsp3) is 0.667. The van der Waals surface area contributed by atoms with Crippen LogP contribution in [0.4, 0.5) is 8.78 Å². The maximum atomic E-state index is 12.0. The fourth-order valence-electron chi connectivity index (χ4n) is 0.983. The van der Waals surface area contributed by atoms with Gasteiger partial charge in [0.2, 0.25) is 10.0 Å². The van der Waals surface area contributed by atoms with Crippen LogP contribution in [-0.4, -0.2) is 32.1 Å². The van der Waals surface area contributed by atoms with Gasteiger partial charge in [-0.1, -0.05) is 0 Å². The van der Waals surface area contributed by atoms with Crippen molar-refractivity contribution in [1.29, 1.82) is 0 Å². The lowest BCUT2D eigenvalue weighted by atomic mass is 10.2. The van der Waals surface area contributed by atoms with Crippen LogP contribution in [0.15, 0.2) is 11.7 Å². The first kappa shape index (κ1) is 9.60. The molecule has 12 heavy (non-hydrogen) atoms. The van der Waals surface area contributed by atoms with Crippen molar-refractivity contribution in [3.8, 4) is 0 Å². The molecule has 0 aromatic carbocycles. The summed E-state index contributed by atoms with van der Waals surface area (Å²) in [7, 11) is -2.07. The molecule has 1 fully saturated rings. The third-order valence-corrected chi connectivity index (χ3v) is 3.67. The van der Waals surface area contributed by atoms with E-state index < -0.39 is 21.9 Å². The number of hydrogen-bond donors (Lipinski definition) is 0. The van der Waals surface area contributed by atoms with Crippen molar-refractivity contribution in [3.05, 3.63) is 11.7 Å². The predicted molar refractivity (Wildman–Crippen MR) is 40.3 cm³/mol. The van der Waals surface area contributed by atoms with Gasteiger partial charge < -0.3 is 0 Å². The average Bonchev–Trinajstić information content (AvgIpc) is 1.94. The van der Waals surface area contributed by atoms with Gasteiger partial charge in [0.05, 0.1) is 5.75 Å². The Bertz CT molecular complexity index is 306. The van der Waals surface area contributed by atoms with Crippen molar-refractivity contribution in [3.63, 3.8) is 0 Å². The van der Waals surface area contributed by atoms with Crippen molar-refractivity contribution in [2.75, 3.05) is 19.3 Å². The third-order valence-electron chi connectivity index (χ3n) is 1.83. The summed E-state index contributed by atoms with van der Waals surface area (Å²) in [5.74, 6) is -0.536. The normalized spacial score (nSPS) is 24.1. The molecular formula is C6H9F2NO2S. The zero-order chi connectivity index (χ0) is 9.35. The Morgan fingerprint density at radius 2 is 2.08 bits per heavy atom. The quantitative estimate of drug-likeness (QED) is 0.576. The van der Waals surface area contributed by atoms with Crippen molar-refractivity contribution in [2.24, 2.45) is 0 Å². The van der Waals surface area contributed by atoms with Crippen LogP contribution in [0.2, 0.25) is 0 Å². The van der Waals surface area contributed by atoms with Crippen molar-refractivity contribution in [1.82, 2.24) is 4.31 Å². The lowest BCUT2D eigenvalue weighted by molar-refractivity contribution is 0.393. The lowest BCUT2D eigenvalue weighted by Gasteiger charge is -2.23. The van der Waals surface area contributed by atoms with Gasteiger partial charge >= 0.3 is 0 Å². The Morgan fingerprint density at radius 1 is 1.50 bits per heavy atom. The first-order valence-electron chi connectivity index (χ1n) is 3.40. The number of hydrogen-bond acceptors (Lipinski definition) is 2. The molecule has 0 amide bonds. The van der Waals surface area contributed by atoms with E-state index in [1.807, 2.05) is 0 Å². The topological polar surface area (TPSA) is 37.4 Å². The highest BCUT2D eigenvalue weighted by Gasteiger charge is 2.27. The highest BCUT2D eigenvalue weighted by molar-refractivity contribution is 7.89. The summed E-state index contributed by atoms with van der Waals surface area (Å²) < 4.78 is 47.2. The molecule has 1 saturated heterocycles. The Balaban J connectivity index is 2.92. The molecule has 0 unspecified atom stereocenters. The van der Waals surface area contributed by atoms with Crippen LogP contribution in [0.1, 0.15) is 6.42 Å². The van der Waals surface area contributed by atoms with Gasteiger partial charge in [0.15, 0.2) is 0 Å². The van der Waals surface area contributed by atoms with Crippen molar-refractivity contribution < 1.29 is 17.2 Å². The second-order valence-corrected chi connectivity index (χ2v) is 4.77. The molecule has 0 aliphatic carbocycles. The SMILES string of the molecule is CN1CCC(=C(F)F)CS1(=O)=O. The minimum Gasteiger partial charge on any atom is -0.212 e. The predicted octanol–water partition coefficient (Wildman–Crippen LogP) is 0.802. The van der Waals surface area contributed by atoms with Gasteiger partial charge in [-0.3, -0.25) is 0 Å². The summed E-state index contributed by atoms with van der Waals surface area (Å²) in [5, 5.41) is 0. The highest BCUT2D eigenvalue weighted by Crippen LogP contribution is 2.21. The summed E-state index contributed by atoms with van der Waals surface area (Å²) in [5.41, 5.74) is -0.256. The lowest BCUT2D eigenvalue weighted by Crippen LogP contribution is -2.35. The summed E-state index contributed by atoms with van der Waals surface area (Å²) >= 11 is 0. The number of nitrogens with zero attached hydrogens (tertiary/aromatic N) is 1. The second-order valence-electron chi connectivity index (χ2n) is 2.69. The molecule has 0 saturated carbocycles. The first-order valence-corrected chi connectivity index (χ1v) is 5.01. The summed E-state index contributed by atoms with van der Waals surface area (Å²) in [6.45, 7) is 0.148. The average molecular weight is 197 g/mol. The molecule has 1 heterocycles. The third kappa shape index (κ3) is 1.81. The number of halogens is 2. The Labute approximate surface area is 69.7 Å². The molecule has 0 radical (unpaired) electrons. The summed E-state index contributed by atoms with van der Waals surface area (Å²) in [6, 6.07) is 0. The summed E-state index contributed by atoms with van der Waals surface area (Å²) in [6.07, 6.45) is -1.72. The van der Waals surface area contributed by atoms with E-state index in [0.29, 0.717) is 0 Å². The Kier molecular flexibility index (Phi) is 2.48. The van der Waals surface area contributed by atoms with Gasteiger partial charge in [0.25, 0.3) is 6.08 Å². The zero-order valence-electron chi connectivity index (χ0n) is 6.55.